The van der Waals surface area contributed by atoms with Gasteiger partial charge in [-0.25, -0.2) is 0 Å². The van der Waals surface area contributed by atoms with Gasteiger partial charge in [-0.05, 0) is 120 Å². The Morgan fingerprint density at radius 2 is 0.693 bits per heavy atom. The molecule has 0 unspecified atom stereocenters. The van der Waals surface area contributed by atoms with Crippen LogP contribution in [0.4, 0.5) is 17.1 Å². The molecule has 1 aromatic heterocycles. The van der Waals surface area contributed by atoms with Crippen molar-refractivity contribution in [3.63, 3.8) is 0 Å². The largest absolute Gasteiger partial charge is 0.310 e. The minimum Gasteiger partial charge on any atom is -0.310 e. The van der Waals surface area contributed by atoms with Crippen LogP contribution in [0.1, 0.15) is 22.3 Å². The van der Waals surface area contributed by atoms with Gasteiger partial charge in [0, 0.05) is 37.1 Å². The van der Waals surface area contributed by atoms with Crippen molar-refractivity contribution in [2.24, 2.45) is 0 Å². The first-order valence-electron chi connectivity index (χ1n) is 25.8. The van der Waals surface area contributed by atoms with E-state index >= 15 is 0 Å². The molecule has 14 rings (SSSR count). The van der Waals surface area contributed by atoms with Gasteiger partial charge in [-0.15, -0.1) is 11.3 Å². The summed E-state index contributed by atoms with van der Waals surface area (Å²) in [5, 5.41) is 2.61. The summed E-state index contributed by atoms with van der Waals surface area (Å²) >= 11 is 1.88. The quantitative estimate of drug-likeness (QED) is 0.132. The predicted molar refractivity (Wildman–Crippen MR) is 318 cm³/mol. The Balaban J connectivity index is 0.975. The molecule has 0 spiro atoms. The van der Waals surface area contributed by atoms with E-state index in [1.165, 1.54) is 98.1 Å². The zero-order valence-corrected chi connectivity index (χ0v) is 42.0. The molecule has 12 aromatic carbocycles. The molecular formula is C73H49NS. The fourth-order valence-electron chi connectivity index (χ4n) is 11.9. The van der Waals surface area contributed by atoms with Gasteiger partial charge >= 0.3 is 0 Å². The second-order valence-corrected chi connectivity index (χ2v) is 20.6. The number of anilines is 3. The van der Waals surface area contributed by atoms with Crippen LogP contribution in [0.2, 0.25) is 0 Å². The van der Waals surface area contributed by atoms with Crippen LogP contribution in [0.15, 0.2) is 297 Å². The Morgan fingerprint density at radius 3 is 1.32 bits per heavy atom. The molecule has 0 amide bonds. The Labute approximate surface area is 442 Å². The van der Waals surface area contributed by atoms with Crippen molar-refractivity contribution >= 4 is 48.6 Å². The number of para-hydroxylation sites is 1. The number of rotatable bonds is 10. The molecule has 0 aliphatic heterocycles. The smallest absolute Gasteiger partial charge is 0.0714 e. The van der Waals surface area contributed by atoms with E-state index in [9.17, 15) is 0 Å². The van der Waals surface area contributed by atoms with Crippen molar-refractivity contribution in [1.82, 2.24) is 0 Å². The minimum absolute atomic E-state index is 0.641. The third kappa shape index (κ3) is 7.61. The van der Waals surface area contributed by atoms with Gasteiger partial charge < -0.3 is 4.90 Å². The van der Waals surface area contributed by atoms with Gasteiger partial charge in [0.05, 0.1) is 11.1 Å². The SMILES string of the molecule is c1ccc(-c2ccc(-c3ccccc3N(c3ccc(-c4cccc5c4sc4ccccc45)cc3)c3ccc4c(c3)C(c3ccc(-c5ccccc5)cc3)(c3ccc(-c5ccccc5)cc3)c3ccccc3-4)cc2)cc1. The van der Waals surface area contributed by atoms with Crippen LogP contribution < -0.4 is 4.90 Å². The summed E-state index contributed by atoms with van der Waals surface area (Å²) in [5.41, 5.74) is 22.1. The highest BCUT2D eigenvalue weighted by Crippen LogP contribution is 2.58. The lowest BCUT2D eigenvalue weighted by Crippen LogP contribution is -2.29. The van der Waals surface area contributed by atoms with E-state index in [0.717, 1.165) is 28.2 Å². The molecule has 0 bridgehead atoms. The molecule has 0 atom stereocenters. The number of fused-ring (bicyclic) bond motifs is 6. The van der Waals surface area contributed by atoms with Gasteiger partial charge in [0.15, 0.2) is 0 Å². The first kappa shape index (κ1) is 44.4. The Morgan fingerprint density at radius 1 is 0.267 bits per heavy atom. The van der Waals surface area contributed by atoms with E-state index in [-0.39, 0.29) is 0 Å². The molecule has 75 heavy (non-hydrogen) atoms. The van der Waals surface area contributed by atoms with E-state index in [0.29, 0.717) is 0 Å². The van der Waals surface area contributed by atoms with Crippen molar-refractivity contribution in [3.8, 4) is 66.8 Å². The van der Waals surface area contributed by atoms with Crippen LogP contribution >= 0.6 is 11.3 Å². The fraction of sp³-hybridized carbons (Fsp3) is 0.0137. The summed E-state index contributed by atoms with van der Waals surface area (Å²) in [4.78, 5) is 2.48. The van der Waals surface area contributed by atoms with Crippen LogP contribution in [0.5, 0.6) is 0 Å². The second-order valence-electron chi connectivity index (χ2n) is 19.5. The maximum Gasteiger partial charge on any atom is 0.0714 e. The number of thiophene rings is 1. The lowest BCUT2D eigenvalue weighted by atomic mass is 9.67. The summed E-state index contributed by atoms with van der Waals surface area (Å²) in [7, 11) is 0. The van der Waals surface area contributed by atoms with Gasteiger partial charge in [0.1, 0.15) is 0 Å². The Kier molecular flexibility index (Phi) is 11.0. The number of hydrogen-bond donors (Lipinski definition) is 0. The van der Waals surface area contributed by atoms with Crippen molar-refractivity contribution in [2.75, 3.05) is 4.90 Å². The van der Waals surface area contributed by atoms with E-state index in [1.807, 2.05) is 11.3 Å². The molecule has 0 saturated carbocycles. The van der Waals surface area contributed by atoms with E-state index in [4.69, 9.17) is 0 Å². The zero-order valence-electron chi connectivity index (χ0n) is 41.1. The van der Waals surface area contributed by atoms with Crippen molar-refractivity contribution in [3.05, 3.63) is 320 Å². The van der Waals surface area contributed by atoms with E-state index < -0.39 is 5.41 Å². The fourth-order valence-corrected chi connectivity index (χ4v) is 13.1. The molecule has 1 aliphatic carbocycles. The Hall–Kier alpha value is -9.34. The first-order valence-corrected chi connectivity index (χ1v) is 26.6. The molecule has 0 radical (unpaired) electrons. The van der Waals surface area contributed by atoms with Gasteiger partial charge in [-0.2, -0.15) is 0 Å². The summed E-state index contributed by atoms with van der Waals surface area (Å²) in [6.45, 7) is 0. The molecule has 0 N–H and O–H groups in total. The number of nitrogens with zero attached hydrogens (tertiary/aromatic N) is 1. The normalized spacial score (nSPS) is 12.4. The molecule has 13 aromatic rings. The highest BCUT2D eigenvalue weighted by Gasteiger charge is 2.46. The van der Waals surface area contributed by atoms with Crippen LogP contribution in [-0.2, 0) is 5.41 Å². The van der Waals surface area contributed by atoms with Gasteiger partial charge in [0.25, 0.3) is 0 Å². The Bertz CT molecular complexity index is 4090. The summed E-state index contributed by atoms with van der Waals surface area (Å²) in [6.07, 6.45) is 0. The van der Waals surface area contributed by atoms with Gasteiger partial charge in [-0.1, -0.05) is 261 Å². The van der Waals surface area contributed by atoms with Crippen LogP contribution in [0.3, 0.4) is 0 Å². The summed E-state index contributed by atoms with van der Waals surface area (Å²) in [5.74, 6) is 0. The maximum absolute atomic E-state index is 2.49. The lowest BCUT2D eigenvalue weighted by Gasteiger charge is -2.35. The third-order valence-corrected chi connectivity index (χ3v) is 16.6. The summed E-state index contributed by atoms with van der Waals surface area (Å²) < 4.78 is 2.63. The molecule has 352 valence electrons. The van der Waals surface area contributed by atoms with E-state index in [2.05, 4.69) is 302 Å². The molecule has 2 heteroatoms. The van der Waals surface area contributed by atoms with Crippen LogP contribution in [0.25, 0.3) is 86.9 Å². The highest BCUT2D eigenvalue weighted by atomic mass is 32.1. The maximum atomic E-state index is 2.49. The molecule has 0 saturated heterocycles. The molecular weight excluding hydrogens is 923 g/mol. The average Bonchev–Trinajstić information content (AvgIpc) is 4.10. The van der Waals surface area contributed by atoms with Crippen LogP contribution in [0, 0.1) is 0 Å². The lowest BCUT2D eigenvalue weighted by molar-refractivity contribution is 0.768. The van der Waals surface area contributed by atoms with Crippen molar-refractivity contribution in [1.29, 1.82) is 0 Å². The first-order chi connectivity index (χ1) is 37.2. The average molecular weight is 972 g/mol. The standard InChI is InChI=1S/C73H49NS/c1-4-17-50(18-5-1)53-31-33-56(34-32-53)62-23-11-14-29-70(62)74(60-45-39-57(40-46-60)63-26-16-27-67-66-25-12-15-30-71(66)75-72(63)67)61-47-48-65-64-24-10-13-28-68(64)73(69(65)49-61,58-41-35-54(36-42-58)51-19-6-2-7-20-51)59-43-37-55(38-44-59)52-21-8-3-9-22-52/h1-49H. The zero-order chi connectivity index (χ0) is 49.7. The number of hydrogen-bond acceptors (Lipinski definition) is 2. The molecule has 0 fully saturated rings. The van der Waals surface area contributed by atoms with Gasteiger partial charge in [0.2, 0.25) is 0 Å². The predicted octanol–water partition coefficient (Wildman–Crippen LogP) is 20.2. The topological polar surface area (TPSA) is 3.24 Å². The molecule has 1 nitrogen and oxygen atoms in total. The monoisotopic (exact) mass is 971 g/mol. The second kappa shape index (κ2) is 18.6. The number of benzene rings is 12. The highest BCUT2D eigenvalue weighted by molar-refractivity contribution is 7.26. The molecule has 1 aliphatic rings. The van der Waals surface area contributed by atoms with E-state index in [1.54, 1.807) is 0 Å². The van der Waals surface area contributed by atoms with Crippen LogP contribution in [-0.4, -0.2) is 0 Å². The summed E-state index contributed by atoms with van der Waals surface area (Å²) in [6, 6.07) is 110. The van der Waals surface area contributed by atoms with Crippen molar-refractivity contribution < 1.29 is 0 Å². The minimum atomic E-state index is -0.641. The third-order valence-electron chi connectivity index (χ3n) is 15.4. The van der Waals surface area contributed by atoms with Crippen molar-refractivity contribution in [2.45, 2.75) is 5.41 Å². The van der Waals surface area contributed by atoms with Gasteiger partial charge in [-0.3, -0.25) is 0 Å². The molecule has 1 heterocycles.